The molecule has 1 heterocycles. The van der Waals surface area contributed by atoms with E-state index in [-0.39, 0.29) is 5.41 Å². The maximum Gasteiger partial charge on any atom is 0.748 e. The molecule has 0 radical (unpaired) electrons. The summed E-state index contributed by atoms with van der Waals surface area (Å²) in [5.74, 6) is 0. The molecule has 2 atom stereocenters. The standard InChI is InChI=1S/C12H24O5P2/c1-5-11(6-2)9-10-15-18(13)17-19(14)16-12(11,7-3)8-4/h5-10H2,1-4H3/q+2. The van der Waals surface area contributed by atoms with Gasteiger partial charge in [0, 0.05) is 14.5 Å². The van der Waals surface area contributed by atoms with E-state index in [0.717, 1.165) is 32.1 Å². The first kappa shape index (κ1) is 17.1. The molecule has 1 saturated heterocycles. The van der Waals surface area contributed by atoms with E-state index in [1.807, 2.05) is 13.8 Å². The Morgan fingerprint density at radius 2 is 1.53 bits per heavy atom. The summed E-state index contributed by atoms with van der Waals surface area (Å²) in [6, 6.07) is 0. The first-order valence-corrected chi connectivity index (χ1v) is 9.13. The Balaban J connectivity index is 3.20. The van der Waals surface area contributed by atoms with Crippen LogP contribution in [0.15, 0.2) is 0 Å². The monoisotopic (exact) mass is 310 g/mol. The van der Waals surface area contributed by atoms with Crippen molar-refractivity contribution in [2.45, 2.75) is 65.4 Å². The van der Waals surface area contributed by atoms with E-state index in [2.05, 4.69) is 13.8 Å². The van der Waals surface area contributed by atoms with Crippen LogP contribution in [0.5, 0.6) is 0 Å². The molecule has 110 valence electrons. The zero-order valence-corrected chi connectivity index (χ0v) is 14.0. The summed E-state index contributed by atoms with van der Waals surface area (Å²) in [5.41, 5.74) is -0.654. The quantitative estimate of drug-likeness (QED) is 0.674. The van der Waals surface area contributed by atoms with Gasteiger partial charge in [0.1, 0.15) is 12.2 Å². The van der Waals surface area contributed by atoms with Crippen molar-refractivity contribution in [2.24, 2.45) is 5.41 Å². The van der Waals surface area contributed by atoms with Gasteiger partial charge < -0.3 is 0 Å². The van der Waals surface area contributed by atoms with E-state index in [4.69, 9.17) is 13.4 Å². The van der Waals surface area contributed by atoms with Crippen molar-refractivity contribution in [3.8, 4) is 0 Å². The minimum atomic E-state index is -2.42. The lowest BCUT2D eigenvalue weighted by atomic mass is 9.64. The van der Waals surface area contributed by atoms with E-state index in [1.165, 1.54) is 0 Å². The molecule has 1 aliphatic heterocycles. The van der Waals surface area contributed by atoms with Crippen LogP contribution in [0.2, 0.25) is 0 Å². The first-order chi connectivity index (χ1) is 8.99. The van der Waals surface area contributed by atoms with Gasteiger partial charge in [0.15, 0.2) is 4.31 Å². The average Bonchev–Trinajstić information content (AvgIpc) is 2.45. The minimum Gasteiger partial charge on any atom is -0.116 e. The summed E-state index contributed by atoms with van der Waals surface area (Å²) in [6.07, 6.45) is 4.01. The summed E-state index contributed by atoms with van der Waals surface area (Å²) in [7, 11) is -4.77. The van der Waals surface area contributed by atoms with Gasteiger partial charge in [-0.2, -0.15) is 0 Å². The van der Waals surface area contributed by atoms with Crippen LogP contribution < -0.4 is 0 Å². The summed E-state index contributed by atoms with van der Waals surface area (Å²) in [5, 5.41) is 0. The maximum absolute atomic E-state index is 11.9. The third kappa shape index (κ3) is 3.40. The second-order valence-corrected chi connectivity index (χ2v) is 6.88. The van der Waals surface area contributed by atoms with Crippen LogP contribution in [0.1, 0.15) is 59.8 Å². The van der Waals surface area contributed by atoms with E-state index in [1.54, 1.807) is 0 Å². The molecule has 19 heavy (non-hydrogen) atoms. The van der Waals surface area contributed by atoms with Crippen LogP contribution in [0, 0.1) is 5.41 Å². The number of hydrogen-bond acceptors (Lipinski definition) is 5. The highest BCUT2D eigenvalue weighted by Crippen LogP contribution is 2.55. The molecular formula is C12H24O5P2+2. The van der Waals surface area contributed by atoms with Crippen LogP contribution >= 0.6 is 16.5 Å². The summed E-state index contributed by atoms with van der Waals surface area (Å²) in [4.78, 5) is 0. The first-order valence-electron chi connectivity index (χ1n) is 6.93. The normalized spacial score (nSPS) is 27.4. The van der Waals surface area contributed by atoms with Crippen molar-refractivity contribution in [1.82, 2.24) is 0 Å². The van der Waals surface area contributed by atoms with Crippen LogP contribution in [0.25, 0.3) is 0 Å². The summed E-state index contributed by atoms with van der Waals surface area (Å²) >= 11 is 0. The van der Waals surface area contributed by atoms with Gasteiger partial charge in [0.25, 0.3) is 0 Å². The van der Waals surface area contributed by atoms with Gasteiger partial charge in [-0.05, 0) is 32.1 Å². The fourth-order valence-corrected chi connectivity index (χ4v) is 4.99. The average molecular weight is 310 g/mol. The van der Waals surface area contributed by atoms with Crippen molar-refractivity contribution < 1.29 is 22.5 Å². The fourth-order valence-electron chi connectivity index (χ4n) is 3.25. The molecule has 5 nitrogen and oxygen atoms in total. The van der Waals surface area contributed by atoms with Crippen molar-refractivity contribution >= 4 is 16.5 Å². The smallest absolute Gasteiger partial charge is 0.116 e. The van der Waals surface area contributed by atoms with Gasteiger partial charge >= 0.3 is 16.5 Å². The molecule has 1 fully saturated rings. The molecular weight excluding hydrogens is 286 g/mol. The Bertz CT molecular complexity index is 337. The zero-order valence-electron chi connectivity index (χ0n) is 12.2. The van der Waals surface area contributed by atoms with Crippen LogP contribution in [0.3, 0.4) is 0 Å². The second kappa shape index (κ2) is 7.19. The van der Waals surface area contributed by atoms with Gasteiger partial charge in [-0.1, -0.05) is 27.7 Å². The molecule has 7 heteroatoms. The lowest BCUT2D eigenvalue weighted by molar-refractivity contribution is -0.0810. The molecule has 0 N–H and O–H groups in total. The summed E-state index contributed by atoms with van der Waals surface area (Å²) < 4.78 is 38.9. The largest absolute Gasteiger partial charge is 0.748 e. The molecule has 0 aromatic carbocycles. The van der Waals surface area contributed by atoms with Crippen LogP contribution in [-0.2, 0) is 22.5 Å². The topological polar surface area (TPSA) is 61.8 Å². The molecule has 1 rings (SSSR count). The van der Waals surface area contributed by atoms with Gasteiger partial charge in [-0.15, -0.1) is 9.05 Å². The molecule has 0 spiro atoms. The SMILES string of the molecule is CCC1(CC)CCO[P+](=O)O[P+](=O)OC1(CC)CC. The molecule has 2 unspecified atom stereocenters. The Morgan fingerprint density at radius 3 is 2.00 bits per heavy atom. The number of rotatable bonds is 4. The van der Waals surface area contributed by atoms with Gasteiger partial charge in [-0.25, -0.2) is 0 Å². The molecule has 0 aromatic heterocycles. The highest BCUT2D eigenvalue weighted by molar-refractivity contribution is 7.47. The van der Waals surface area contributed by atoms with Gasteiger partial charge in [0.2, 0.25) is 0 Å². The van der Waals surface area contributed by atoms with E-state index in [0.29, 0.717) is 6.61 Å². The van der Waals surface area contributed by atoms with Crippen molar-refractivity contribution in [3.63, 3.8) is 0 Å². The minimum absolute atomic E-state index is 0.134. The zero-order chi connectivity index (χ0) is 14.5. The lowest BCUT2D eigenvalue weighted by Gasteiger charge is -2.45. The Kier molecular flexibility index (Phi) is 6.49. The number of hydrogen-bond donors (Lipinski definition) is 0. The van der Waals surface area contributed by atoms with Crippen LogP contribution in [-0.4, -0.2) is 12.2 Å². The van der Waals surface area contributed by atoms with E-state index in [9.17, 15) is 9.13 Å². The predicted octanol–water partition coefficient (Wildman–Crippen LogP) is 5.12. The van der Waals surface area contributed by atoms with Crippen molar-refractivity contribution in [2.75, 3.05) is 6.61 Å². The van der Waals surface area contributed by atoms with Crippen molar-refractivity contribution in [3.05, 3.63) is 0 Å². The van der Waals surface area contributed by atoms with E-state index >= 15 is 0 Å². The Labute approximate surface area is 117 Å². The van der Waals surface area contributed by atoms with Crippen molar-refractivity contribution in [1.29, 1.82) is 0 Å². The highest BCUT2D eigenvalue weighted by atomic mass is 31.2. The van der Waals surface area contributed by atoms with Gasteiger partial charge in [-0.3, -0.25) is 0 Å². The molecule has 0 amide bonds. The highest BCUT2D eigenvalue weighted by Gasteiger charge is 2.57. The predicted molar refractivity (Wildman–Crippen MR) is 74.3 cm³/mol. The fraction of sp³-hybridized carbons (Fsp3) is 1.00. The molecule has 0 aromatic rings. The van der Waals surface area contributed by atoms with Crippen LogP contribution in [0.4, 0.5) is 0 Å². The third-order valence-electron chi connectivity index (χ3n) is 4.62. The molecule has 1 aliphatic rings. The molecule has 0 aliphatic carbocycles. The molecule has 0 saturated carbocycles. The summed E-state index contributed by atoms with van der Waals surface area (Å²) in [6.45, 7) is 8.62. The Hall–Kier alpha value is 0.0800. The van der Waals surface area contributed by atoms with E-state index < -0.39 is 22.1 Å². The third-order valence-corrected chi connectivity index (χ3v) is 6.58. The maximum atomic E-state index is 11.9. The molecule has 0 bridgehead atoms. The van der Waals surface area contributed by atoms with Gasteiger partial charge in [0.05, 0.1) is 0 Å². The lowest BCUT2D eigenvalue weighted by Crippen LogP contribution is -2.48. The second-order valence-electron chi connectivity index (χ2n) is 4.89. The Morgan fingerprint density at radius 1 is 0.947 bits per heavy atom.